The Balaban J connectivity index is 2.87. The molecule has 0 fully saturated rings. The quantitative estimate of drug-likeness (QED) is 0.592. The minimum atomic E-state index is 0.445. The van der Waals surface area contributed by atoms with E-state index in [9.17, 15) is 0 Å². The Hall–Kier alpha value is -1.16. The van der Waals surface area contributed by atoms with Crippen LogP contribution >= 0.6 is 11.6 Å². The third-order valence-corrected chi connectivity index (χ3v) is 1.63. The summed E-state index contributed by atoms with van der Waals surface area (Å²) in [5, 5.41) is 8.15. The molecule has 0 saturated heterocycles. The van der Waals surface area contributed by atoms with E-state index in [0.29, 0.717) is 10.8 Å². The van der Waals surface area contributed by atoms with Crippen molar-refractivity contribution in [2.24, 2.45) is 0 Å². The summed E-state index contributed by atoms with van der Waals surface area (Å²) in [4.78, 5) is 3.86. The van der Waals surface area contributed by atoms with Crippen molar-refractivity contribution >= 4 is 17.2 Å². The first-order valence-corrected chi connectivity index (χ1v) is 3.48. The van der Waals surface area contributed by atoms with Gasteiger partial charge in [0, 0.05) is 6.20 Å². The Labute approximate surface area is 67.8 Å². The average Bonchev–Trinajstić information content (AvgIpc) is 2.33. The van der Waals surface area contributed by atoms with Gasteiger partial charge in [-0.1, -0.05) is 11.6 Å². The van der Waals surface area contributed by atoms with Crippen LogP contribution in [0.2, 0.25) is 5.15 Å². The largest absolute Gasteiger partial charge is 0.282 e. The van der Waals surface area contributed by atoms with Crippen LogP contribution in [0.4, 0.5) is 0 Å². The second-order valence-corrected chi connectivity index (χ2v) is 2.57. The van der Waals surface area contributed by atoms with E-state index in [1.165, 1.54) is 0 Å². The highest BCUT2D eigenvalue weighted by atomic mass is 35.5. The molecule has 56 valence electrons. The second-order valence-electron chi connectivity index (χ2n) is 2.19. The van der Waals surface area contributed by atoms with Crippen LogP contribution in [0.3, 0.4) is 0 Å². The molecule has 2 aromatic rings. The number of hydrogen-bond donors (Lipinski definition) is 0. The first-order chi connectivity index (χ1) is 5.27. The number of fused-ring (bicyclic) bond motifs is 1. The SMILES string of the molecule is Cc1nnc2cnc(Cl)cn12. The molecule has 2 heterocycles. The van der Waals surface area contributed by atoms with Crippen LogP contribution < -0.4 is 0 Å². The maximum atomic E-state index is 5.66. The molecule has 0 unspecified atom stereocenters. The minimum Gasteiger partial charge on any atom is -0.282 e. The van der Waals surface area contributed by atoms with E-state index in [2.05, 4.69) is 15.2 Å². The maximum Gasteiger partial charge on any atom is 0.179 e. The first kappa shape index (κ1) is 6.54. The van der Waals surface area contributed by atoms with Crippen LogP contribution in [0, 0.1) is 6.92 Å². The van der Waals surface area contributed by atoms with Crippen molar-refractivity contribution in [3.05, 3.63) is 23.4 Å². The molecule has 0 atom stereocenters. The Morgan fingerprint density at radius 1 is 1.45 bits per heavy atom. The first-order valence-electron chi connectivity index (χ1n) is 3.10. The van der Waals surface area contributed by atoms with Gasteiger partial charge in [0.2, 0.25) is 0 Å². The van der Waals surface area contributed by atoms with Gasteiger partial charge in [-0.3, -0.25) is 4.40 Å². The second kappa shape index (κ2) is 2.17. The molecule has 0 radical (unpaired) electrons. The summed E-state index contributed by atoms with van der Waals surface area (Å²) < 4.78 is 1.79. The van der Waals surface area contributed by atoms with Crippen molar-refractivity contribution in [2.45, 2.75) is 6.92 Å². The molecule has 0 aliphatic rings. The van der Waals surface area contributed by atoms with E-state index in [-0.39, 0.29) is 0 Å². The van der Waals surface area contributed by atoms with E-state index in [0.717, 1.165) is 5.82 Å². The monoisotopic (exact) mass is 168 g/mol. The average molecular weight is 169 g/mol. The van der Waals surface area contributed by atoms with Crippen molar-refractivity contribution in [3.63, 3.8) is 0 Å². The highest BCUT2D eigenvalue weighted by Gasteiger charge is 1.99. The molecule has 0 aliphatic heterocycles. The summed E-state index contributed by atoms with van der Waals surface area (Å²) in [6.45, 7) is 1.86. The number of aromatic nitrogens is 4. The lowest BCUT2D eigenvalue weighted by Crippen LogP contribution is -1.88. The van der Waals surface area contributed by atoms with Crippen LogP contribution in [0.1, 0.15) is 5.82 Å². The summed E-state index contributed by atoms with van der Waals surface area (Å²) in [6, 6.07) is 0. The fourth-order valence-corrected chi connectivity index (χ4v) is 1.04. The van der Waals surface area contributed by atoms with E-state index >= 15 is 0 Å². The number of hydrogen-bond acceptors (Lipinski definition) is 3. The highest BCUT2D eigenvalue weighted by molar-refractivity contribution is 6.29. The standard InChI is InChI=1S/C6H5ClN4/c1-4-9-10-6-2-8-5(7)3-11(4)6/h2-3H,1H3. The Morgan fingerprint density at radius 3 is 3.09 bits per heavy atom. The van der Waals surface area contributed by atoms with Crippen LogP contribution in [-0.2, 0) is 0 Å². The molecule has 11 heavy (non-hydrogen) atoms. The van der Waals surface area contributed by atoms with Crippen molar-refractivity contribution in [1.82, 2.24) is 19.6 Å². The molecule has 2 rings (SSSR count). The predicted octanol–water partition coefficient (Wildman–Crippen LogP) is 1.09. The third kappa shape index (κ3) is 0.952. The van der Waals surface area contributed by atoms with Gasteiger partial charge in [0.1, 0.15) is 11.0 Å². The van der Waals surface area contributed by atoms with Crippen molar-refractivity contribution in [3.8, 4) is 0 Å². The molecule has 4 nitrogen and oxygen atoms in total. The molecule has 0 saturated carbocycles. The topological polar surface area (TPSA) is 43.1 Å². The zero-order valence-corrected chi connectivity index (χ0v) is 6.58. The van der Waals surface area contributed by atoms with Gasteiger partial charge in [-0.2, -0.15) is 0 Å². The molecule has 5 heteroatoms. The van der Waals surface area contributed by atoms with Crippen molar-refractivity contribution in [2.75, 3.05) is 0 Å². The van der Waals surface area contributed by atoms with E-state index < -0.39 is 0 Å². The molecule has 2 aromatic heterocycles. The van der Waals surface area contributed by atoms with E-state index in [1.54, 1.807) is 16.8 Å². The van der Waals surface area contributed by atoms with Crippen molar-refractivity contribution < 1.29 is 0 Å². The summed E-state index contributed by atoms with van der Waals surface area (Å²) in [7, 11) is 0. The molecule has 0 spiro atoms. The molecule has 0 N–H and O–H groups in total. The van der Waals surface area contributed by atoms with E-state index in [1.807, 2.05) is 6.92 Å². The Morgan fingerprint density at radius 2 is 2.27 bits per heavy atom. The Kier molecular flexibility index (Phi) is 1.29. The zero-order chi connectivity index (χ0) is 7.84. The summed E-state index contributed by atoms with van der Waals surface area (Å²) >= 11 is 5.66. The van der Waals surface area contributed by atoms with Gasteiger partial charge in [-0.25, -0.2) is 4.98 Å². The van der Waals surface area contributed by atoms with Gasteiger partial charge < -0.3 is 0 Å². The lowest BCUT2D eigenvalue weighted by Gasteiger charge is -1.92. The number of halogens is 1. The molecular formula is C6H5ClN4. The van der Waals surface area contributed by atoms with Gasteiger partial charge >= 0.3 is 0 Å². The summed E-state index contributed by atoms with van der Waals surface area (Å²) in [6.07, 6.45) is 3.27. The summed E-state index contributed by atoms with van der Waals surface area (Å²) in [5.41, 5.74) is 0.715. The maximum absolute atomic E-state index is 5.66. The molecule has 0 aromatic carbocycles. The lowest BCUT2D eigenvalue weighted by molar-refractivity contribution is 1.00. The van der Waals surface area contributed by atoms with Gasteiger partial charge in [-0.15, -0.1) is 10.2 Å². The van der Waals surface area contributed by atoms with Gasteiger partial charge in [0.15, 0.2) is 5.65 Å². The third-order valence-electron chi connectivity index (χ3n) is 1.43. The van der Waals surface area contributed by atoms with Crippen LogP contribution in [0.25, 0.3) is 5.65 Å². The zero-order valence-electron chi connectivity index (χ0n) is 5.82. The highest BCUT2D eigenvalue weighted by Crippen LogP contribution is 2.06. The van der Waals surface area contributed by atoms with Crippen LogP contribution in [0.5, 0.6) is 0 Å². The predicted molar refractivity (Wildman–Crippen MR) is 40.5 cm³/mol. The molecule has 0 amide bonds. The normalized spacial score (nSPS) is 10.7. The van der Waals surface area contributed by atoms with Gasteiger partial charge in [-0.05, 0) is 6.92 Å². The number of rotatable bonds is 0. The minimum absolute atomic E-state index is 0.445. The van der Waals surface area contributed by atoms with Gasteiger partial charge in [0.25, 0.3) is 0 Å². The fourth-order valence-electron chi connectivity index (χ4n) is 0.893. The number of nitrogens with zero attached hydrogens (tertiary/aromatic N) is 4. The van der Waals surface area contributed by atoms with E-state index in [4.69, 9.17) is 11.6 Å². The molecule has 0 bridgehead atoms. The lowest BCUT2D eigenvalue weighted by atomic mass is 10.6. The van der Waals surface area contributed by atoms with Crippen LogP contribution in [0.15, 0.2) is 12.4 Å². The number of aryl methyl sites for hydroxylation is 1. The van der Waals surface area contributed by atoms with Crippen LogP contribution in [-0.4, -0.2) is 19.6 Å². The Bertz CT molecular complexity index is 394. The molecular weight excluding hydrogens is 164 g/mol. The summed E-state index contributed by atoms with van der Waals surface area (Å²) in [5.74, 6) is 0.810. The molecule has 0 aliphatic carbocycles. The van der Waals surface area contributed by atoms with Crippen molar-refractivity contribution in [1.29, 1.82) is 0 Å². The fraction of sp³-hybridized carbons (Fsp3) is 0.167. The smallest absolute Gasteiger partial charge is 0.179 e. The van der Waals surface area contributed by atoms with Gasteiger partial charge in [0.05, 0.1) is 6.20 Å².